The van der Waals surface area contributed by atoms with Crippen LogP contribution in [0.15, 0.2) is 18.2 Å². The number of amides is 2. The molecule has 1 aromatic carbocycles. The summed E-state index contributed by atoms with van der Waals surface area (Å²) < 4.78 is 32.8. The smallest absolute Gasteiger partial charge is 0.317 e. The number of nitrogens with zero attached hydrogens (tertiary/aromatic N) is 1. The van der Waals surface area contributed by atoms with Crippen molar-refractivity contribution in [2.24, 2.45) is 0 Å². The molecule has 22 heavy (non-hydrogen) atoms. The van der Waals surface area contributed by atoms with Crippen molar-refractivity contribution in [3.8, 4) is 0 Å². The minimum absolute atomic E-state index is 0.000913. The summed E-state index contributed by atoms with van der Waals surface area (Å²) in [6.45, 7) is 6.58. The van der Waals surface area contributed by atoms with Crippen LogP contribution in [0.3, 0.4) is 0 Å². The quantitative estimate of drug-likeness (QED) is 0.932. The molecule has 0 aromatic heterocycles. The second-order valence-corrected chi connectivity index (χ2v) is 5.92. The number of nitrogens with one attached hydrogen (secondary N) is 1. The van der Waals surface area contributed by atoms with Gasteiger partial charge in [-0.1, -0.05) is 6.07 Å². The van der Waals surface area contributed by atoms with E-state index in [2.05, 4.69) is 5.32 Å². The molecule has 1 aromatic rings. The summed E-state index contributed by atoms with van der Waals surface area (Å²) in [6.07, 6.45) is 0.0716. The maximum Gasteiger partial charge on any atom is 0.317 e. The number of ether oxygens (including phenoxy) is 1. The summed E-state index contributed by atoms with van der Waals surface area (Å²) in [6, 6.07) is 3.17. The first-order chi connectivity index (χ1) is 10.4. The van der Waals surface area contributed by atoms with Crippen LogP contribution in [0, 0.1) is 11.6 Å². The predicted octanol–water partition coefficient (Wildman–Crippen LogP) is 2.71. The Kier molecular flexibility index (Phi) is 5.34. The lowest BCUT2D eigenvalue weighted by molar-refractivity contribution is -0.0547. The van der Waals surface area contributed by atoms with E-state index in [-0.39, 0.29) is 36.3 Å². The third-order valence-corrected chi connectivity index (χ3v) is 3.65. The molecule has 1 N–H and O–H groups in total. The Hall–Kier alpha value is -1.69. The van der Waals surface area contributed by atoms with Crippen LogP contribution in [0.4, 0.5) is 13.6 Å². The van der Waals surface area contributed by atoms with Gasteiger partial charge in [-0.25, -0.2) is 13.6 Å². The average Bonchev–Trinajstić information content (AvgIpc) is 2.42. The first-order valence-corrected chi connectivity index (χ1v) is 7.50. The average molecular weight is 312 g/mol. The van der Waals surface area contributed by atoms with Crippen molar-refractivity contribution in [3.05, 3.63) is 35.4 Å². The molecule has 122 valence electrons. The fraction of sp³-hybridized carbons (Fsp3) is 0.562. The van der Waals surface area contributed by atoms with Gasteiger partial charge in [0, 0.05) is 24.7 Å². The Labute approximate surface area is 129 Å². The zero-order valence-electron chi connectivity index (χ0n) is 13.1. The lowest BCUT2D eigenvalue weighted by Crippen LogP contribution is -2.53. The van der Waals surface area contributed by atoms with E-state index in [0.717, 1.165) is 0 Å². The van der Waals surface area contributed by atoms with Crippen molar-refractivity contribution >= 4 is 6.03 Å². The van der Waals surface area contributed by atoms with Crippen molar-refractivity contribution in [1.29, 1.82) is 0 Å². The van der Waals surface area contributed by atoms with Gasteiger partial charge in [-0.3, -0.25) is 0 Å². The number of hydrogen-bond acceptors (Lipinski definition) is 2. The Bertz CT molecular complexity index is 509. The third kappa shape index (κ3) is 4.16. The van der Waals surface area contributed by atoms with E-state index in [0.29, 0.717) is 13.1 Å². The first kappa shape index (κ1) is 16.7. The predicted molar refractivity (Wildman–Crippen MR) is 79.6 cm³/mol. The zero-order valence-corrected chi connectivity index (χ0v) is 13.1. The van der Waals surface area contributed by atoms with E-state index in [1.165, 1.54) is 18.2 Å². The molecule has 4 nitrogen and oxygen atoms in total. The molecule has 1 saturated heterocycles. The normalized spacial score (nSPS) is 23.2. The van der Waals surface area contributed by atoms with Gasteiger partial charge in [-0.05, 0) is 39.3 Å². The highest BCUT2D eigenvalue weighted by molar-refractivity contribution is 5.74. The Balaban J connectivity index is 1.94. The van der Waals surface area contributed by atoms with E-state index in [9.17, 15) is 13.6 Å². The zero-order chi connectivity index (χ0) is 16.3. The van der Waals surface area contributed by atoms with Crippen LogP contribution in [0.25, 0.3) is 0 Å². The Morgan fingerprint density at radius 3 is 2.41 bits per heavy atom. The number of urea groups is 1. The van der Waals surface area contributed by atoms with Gasteiger partial charge < -0.3 is 15.0 Å². The Morgan fingerprint density at radius 2 is 1.86 bits per heavy atom. The van der Waals surface area contributed by atoms with Gasteiger partial charge in [0.25, 0.3) is 0 Å². The largest absolute Gasteiger partial charge is 0.372 e. The first-order valence-electron chi connectivity index (χ1n) is 7.50. The highest BCUT2D eigenvalue weighted by Gasteiger charge is 2.26. The molecule has 1 fully saturated rings. The van der Waals surface area contributed by atoms with E-state index in [1.54, 1.807) is 11.8 Å². The lowest BCUT2D eigenvalue weighted by atomic mass is 10.1. The van der Waals surface area contributed by atoms with E-state index in [1.807, 2.05) is 13.8 Å². The van der Waals surface area contributed by atoms with E-state index in [4.69, 9.17) is 4.74 Å². The highest BCUT2D eigenvalue weighted by Crippen LogP contribution is 2.15. The van der Waals surface area contributed by atoms with Crippen LogP contribution >= 0.6 is 0 Å². The van der Waals surface area contributed by atoms with E-state index < -0.39 is 11.6 Å². The highest BCUT2D eigenvalue weighted by atomic mass is 19.1. The van der Waals surface area contributed by atoms with Gasteiger partial charge >= 0.3 is 6.03 Å². The van der Waals surface area contributed by atoms with Gasteiger partial charge in [-0.2, -0.15) is 0 Å². The van der Waals surface area contributed by atoms with Gasteiger partial charge in [0.05, 0.1) is 12.2 Å². The molecule has 0 spiro atoms. The van der Waals surface area contributed by atoms with Crippen LogP contribution in [0.5, 0.6) is 0 Å². The van der Waals surface area contributed by atoms with Crippen LogP contribution in [-0.2, 0) is 11.2 Å². The molecule has 0 saturated carbocycles. The molecule has 0 unspecified atom stereocenters. The van der Waals surface area contributed by atoms with E-state index >= 15 is 0 Å². The van der Waals surface area contributed by atoms with Crippen LogP contribution in [0.1, 0.15) is 26.3 Å². The molecule has 1 aliphatic heterocycles. The lowest BCUT2D eigenvalue weighted by Gasteiger charge is -2.35. The number of benzene rings is 1. The molecular formula is C16H22F2N2O2. The second kappa shape index (κ2) is 7.05. The number of carbonyl (C=O) groups is 1. The fourth-order valence-electron chi connectivity index (χ4n) is 2.73. The molecule has 0 radical (unpaired) electrons. The Morgan fingerprint density at radius 1 is 1.32 bits per heavy atom. The third-order valence-electron chi connectivity index (χ3n) is 3.65. The van der Waals surface area contributed by atoms with Gasteiger partial charge in [0.1, 0.15) is 11.6 Å². The molecule has 3 atom stereocenters. The number of morpholine rings is 1. The minimum atomic E-state index is -0.588. The van der Waals surface area contributed by atoms with Gasteiger partial charge in [0.15, 0.2) is 0 Å². The molecule has 1 heterocycles. The standard InChI is InChI=1S/C16H22F2N2O2/c1-10(7-13-14(17)5-4-6-15(13)18)19-16(21)20-8-11(2)22-12(3)9-20/h4-6,10-12H,7-9H2,1-3H3,(H,19,21)/t10-,11-,12-/m0/s1. The van der Waals surface area contributed by atoms with Crippen molar-refractivity contribution in [2.75, 3.05) is 13.1 Å². The van der Waals surface area contributed by atoms with Crippen molar-refractivity contribution in [1.82, 2.24) is 10.2 Å². The number of halogens is 2. The minimum Gasteiger partial charge on any atom is -0.372 e. The molecular weight excluding hydrogens is 290 g/mol. The summed E-state index contributed by atoms with van der Waals surface area (Å²) in [4.78, 5) is 13.9. The number of hydrogen-bond donors (Lipinski definition) is 1. The topological polar surface area (TPSA) is 41.6 Å². The fourth-order valence-corrected chi connectivity index (χ4v) is 2.73. The van der Waals surface area contributed by atoms with Crippen molar-refractivity contribution in [3.63, 3.8) is 0 Å². The molecule has 2 amide bonds. The summed E-state index contributed by atoms with van der Waals surface area (Å²) in [5, 5.41) is 2.79. The number of carbonyl (C=O) groups excluding carboxylic acids is 1. The molecule has 2 rings (SSSR count). The monoisotopic (exact) mass is 312 g/mol. The van der Waals surface area contributed by atoms with Gasteiger partial charge in [-0.15, -0.1) is 0 Å². The molecule has 0 bridgehead atoms. The summed E-state index contributed by atoms with van der Waals surface area (Å²) >= 11 is 0. The van der Waals surface area contributed by atoms with Crippen LogP contribution in [0.2, 0.25) is 0 Å². The second-order valence-electron chi connectivity index (χ2n) is 5.92. The van der Waals surface area contributed by atoms with Crippen molar-refractivity contribution in [2.45, 2.75) is 45.4 Å². The van der Waals surface area contributed by atoms with Crippen molar-refractivity contribution < 1.29 is 18.3 Å². The van der Waals surface area contributed by atoms with Crippen LogP contribution in [-0.4, -0.2) is 42.3 Å². The van der Waals surface area contributed by atoms with Crippen LogP contribution < -0.4 is 5.32 Å². The van der Waals surface area contributed by atoms with Gasteiger partial charge in [0.2, 0.25) is 0 Å². The summed E-state index contributed by atoms with van der Waals surface area (Å²) in [5.41, 5.74) is -0.000913. The molecule has 0 aliphatic carbocycles. The maximum atomic E-state index is 13.6. The number of rotatable bonds is 3. The maximum absolute atomic E-state index is 13.6. The molecule has 1 aliphatic rings. The summed E-state index contributed by atoms with van der Waals surface area (Å²) in [7, 11) is 0. The SMILES string of the molecule is C[C@@H](Cc1c(F)cccc1F)NC(=O)N1C[C@H](C)O[C@@H](C)C1. The molecule has 6 heteroatoms. The summed E-state index contributed by atoms with van der Waals surface area (Å²) in [5.74, 6) is -1.18.